The van der Waals surface area contributed by atoms with E-state index in [0.717, 1.165) is 37.1 Å². The lowest BCUT2D eigenvalue weighted by molar-refractivity contribution is -0.140. The molecule has 7 heteroatoms. The van der Waals surface area contributed by atoms with Gasteiger partial charge in [0.05, 0.1) is 18.3 Å². The van der Waals surface area contributed by atoms with Crippen LogP contribution in [0.4, 0.5) is 0 Å². The molecule has 2 fully saturated rings. The van der Waals surface area contributed by atoms with Crippen molar-refractivity contribution in [2.24, 2.45) is 5.92 Å². The van der Waals surface area contributed by atoms with Gasteiger partial charge >= 0.3 is 5.97 Å². The van der Waals surface area contributed by atoms with Gasteiger partial charge in [-0.05, 0) is 44.7 Å². The number of hydrogen-bond donors (Lipinski definition) is 0. The topological polar surface area (TPSA) is 78.8 Å². The Kier molecular flexibility index (Phi) is 5.14. The fourth-order valence-electron chi connectivity index (χ4n) is 4.63. The molecule has 1 aliphatic carbocycles. The molecule has 0 amide bonds. The smallest absolute Gasteiger partial charge is 0.334 e. The van der Waals surface area contributed by atoms with Gasteiger partial charge in [-0.15, -0.1) is 5.10 Å². The summed E-state index contributed by atoms with van der Waals surface area (Å²) in [5.74, 6) is 0.535. The fourth-order valence-corrected chi connectivity index (χ4v) is 4.63. The third-order valence-electron chi connectivity index (χ3n) is 6.52. The molecule has 1 aromatic carbocycles. The first-order valence-corrected chi connectivity index (χ1v) is 10.8. The Bertz CT molecular complexity index is 1010. The summed E-state index contributed by atoms with van der Waals surface area (Å²) < 4.78 is 19.2. The molecular formula is C24H27N3O4. The molecular weight excluding hydrogens is 394 g/mol. The van der Waals surface area contributed by atoms with Crippen LogP contribution in [0.25, 0.3) is 0 Å². The van der Waals surface area contributed by atoms with Crippen LogP contribution in [0.2, 0.25) is 0 Å². The second-order valence-electron chi connectivity index (χ2n) is 8.80. The normalized spacial score (nSPS) is 31.8. The van der Waals surface area contributed by atoms with Gasteiger partial charge in [0.15, 0.2) is 0 Å². The Labute approximate surface area is 181 Å². The van der Waals surface area contributed by atoms with E-state index in [4.69, 9.17) is 14.2 Å². The van der Waals surface area contributed by atoms with Crippen LogP contribution in [0.1, 0.15) is 38.3 Å². The minimum absolute atomic E-state index is 0.00593. The molecule has 7 nitrogen and oxygen atoms in total. The maximum atomic E-state index is 12.1. The summed E-state index contributed by atoms with van der Waals surface area (Å²) in [5, 5.41) is 8.51. The molecule has 0 saturated carbocycles. The highest BCUT2D eigenvalue weighted by atomic mass is 16.6. The molecule has 0 spiro atoms. The van der Waals surface area contributed by atoms with Crippen LogP contribution in [-0.4, -0.2) is 38.8 Å². The van der Waals surface area contributed by atoms with E-state index in [2.05, 4.69) is 29.9 Å². The minimum atomic E-state index is -0.281. The average molecular weight is 421 g/mol. The predicted molar refractivity (Wildman–Crippen MR) is 113 cm³/mol. The Balaban J connectivity index is 1.25. The van der Waals surface area contributed by atoms with E-state index in [0.29, 0.717) is 18.7 Å². The van der Waals surface area contributed by atoms with Crippen LogP contribution in [0.3, 0.4) is 0 Å². The highest BCUT2D eigenvalue weighted by Gasteiger charge is 2.61. The second kappa shape index (κ2) is 7.96. The van der Waals surface area contributed by atoms with Gasteiger partial charge in [-0.2, -0.15) is 0 Å². The number of para-hydroxylation sites is 1. The first-order chi connectivity index (χ1) is 15.0. The zero-order valence-electron chi connectivity index (χ0n) is 17.7. The van der Waals surface area contributed by atoms with Crippen LogP contribution in [0.15, 0.2) is 60.3 Å². The number of hydrogen-bond acceptors (Lipinski definition) is 6. The summed E-state index contributed by atoms with van der Waals surface area (Å²) >= 11 is 0. The molecule has 1 aromatic heterocycles. The van der Waals surface area contributed by atoms with Crippen molar-refractivity contribution in [3.8, 4) is 5.75 Å². The monoisotopic (exact) mass is 421 g/mol. The molecule has 0 bridgehead atoms. The van der Waals surface area contributed by atoms with Crippen molar-refractivity contribution in [2.75, 3.05) is 0 Å². The molecule has 2 aromatic rings. The molecule has 2 saturated heterocycles. The molecule has 31 heavy (non-hydrogen) atoms. The van der Waals surface area contributed by atoms with E-state index in [1.807, 2.05) is 41.2 Å². The van der Waals surface area contributed by atoms with E-state index >= 15 is 0 Å². The van der Waals surface area contributed by atoms with Gasteiger partial charge in [0, 0.05) is 11.5 Å². The third kappa shape index (κ3) is 4.14. The standard InChI is InChI=1S/C24H27N3O4/c1-16-20-11-10-17(7-6-12-24(2)22(31-24)21(20)30-23(16)28)13-27-14-18(25-26-27)15-29-19-8-4-3-5-9-19/h3-5,7-9,14,20-22H,1,6,10-13,15H2,2H3/b17-7+/t20-,21-,22-,24+/m0/s1. The van der Waals surface area contributed by atoms with E-state index in [-0.39, 0.29) is 29.7 Å². The number of rotatable bonds is 5. The summed E-state index contributed by atoms with van der Waals surface area (Å²) in [7, 11) is 0. The van der Waals surface area contributed by atoms with E-state index in [9.17, 15) is 4.79 Å². The molecule has 0 N–H and O–H groups in total. The molecule has 3 aliphatic rings. The van der Waals surface area contributed by atoms with Crippen LogP contribution in [0.5, 0.6) is 5.75 Å². The van der Waals surface area contributed by atoms with E-state index in [1.165, 1.54) is 5.57 Å². The van der Waals surface area contributed by atoms with Crippen LogP contribution in [0, 0.1) is 5.92 Å². The molecule has 0 radical (unpaired) electrons. The predicted octanol–water partition coefficient (Wildman–Crippen LogP) is 3.61. The third-order valence-corrected chi connectivity index (χ3v) is 6.52. The van der Waals surface area contributed by atoms with Crippen molar-refractivity contribution >= 4 is 5.97 Å². The zero-order chi connectivity index (χ0) is 21.4. The molecule has 162 valence electrons. The van der Waals surface area contributed by atoms with Gasteiger partial charge in [0.2, 0.25) is 0 Å². The van der Waals surface area contributed by atoms with Crippen molar-refractivity contribution in [2.45, 2.75) is 63.6 Å². The number of nitrogens with zero attached hydrogens (tertiary/aromatic N) is 3. The lowest BCUT2D eigenvalue weighted by atomic mass is 9.84. The summed E-state index contributed by atoms with van der Waals surface area (Å²) in [4.78, 5) is 12.1. The van der Waals surface area contributed by atoms with Crippen molar-refractivity contribution in [1.82, 2.24) is 15.0 Å². The Hall–Kier alpha value is -2.93. The summed E-state index contributed by atoms with van der Waals surface area (Å²) in [6, 6.07) is 9.67. The Morgan fingerprint density at radius 3 is 3.00 bits per heavy atom. The Morgan fingerprint density at radius 2 is 2.16 bits per heavy atom. The van der Waals surface area contributed by atoms with E-state index in [1.54, 1.807) is 0 Å². The average Bonchev–Trinajstić information content (AvgIpc) is 3.09. The van der Waals surface area contributed by atoms with Gasteiger partial charge in [0.1, 0.15) is 30.3 Å². The highest BCUT2D eigenvalue weighted by molar-refractivity contribution is 5.91. The molecule has 5 rings (SSSR count). The van der Waals surface area contributed by atoms with Gasteiger partial charge < -0.3 is 14.2 Å². The van der Waals surface area contributed by atoms with Crippen molar-refractivity contribution in [1.29, 1.82) is 0 Å². The van der Waals surface area contributed by atoms with Crippen molar-refractivity contribution < 1.29 is 19.0 Å². The number of ether oxygens (including phenoxy) is 3. The number of carbonyl (C=O) groups excluding carboxylic acids is 1. The molecule has 2 aliphatic heterocycles. The maximum absolute atomic E-state index is 12.1. The summed E-state index contributed by atoms with van der Waals surface area (Å²) in [6.45, 7) is 7.14. The molecule has 4 atom stereocenters. The fraction of sp³-hybridized carbons (Fsp3) is 0.458. The molecule has 3 heterocycles. The van der Waals surface area contributed by atoms with Gasteiger partial charge in [0.25, 0.3) is 0 Å². The highest BCUT2D eigenvalue weighted by Crippen LogP contribution is 2.49. The van der Waals surface area contributed by atoms with Crippen LogP contribution < -0.4 is 4.74 Å². The summed E-state index contributed by atoms with van der Waals surface area (Å²) in [6.07, 6.45) is 7.48. The van der Waals surface area contributed by atoms with Gasteiger partial charge in [-0.1, -0.05) is 41.6 Å². The SMILES string of the molecule is C=C1C(=O)O[C@H]2[C@H]1CC/C(Cn1cc(COc3ccccc3)nn1)=C\CC[C@@]1(C)O[C@@H]21. The second-order valence-corrected chi connectivity index (χ2v) is 8.80. The maximum Gasteiger partial charge on any atom is 0.334 e. The Morgan fingerprint density at radius 1 is 1.32 bits per heavy atom. The first-order valence-electron chi connectivity index (χ1n) is 10.8. The van der Waals surface area contributed by atoms with Gasteiger partial charge in [-0.25, -0.2) is 9.48 Å². The quantitative estimate of drug-likeness (QED) is 0.318. The lowest BCUT2D eigenvalue weighted by Crippen LogP contribution is -2.29. The van der Waals surface area contributed by atoms with Gasteiger partial charge in [-0.3, -0.25) is 0 Å². The number of epoxide rings is 1. The molecule has 0 unspecified atom stereocenters. The van der Waals surface area contributed by atoms with Crippen LogP contribution in [-0.2, 0) is 27.4 Å². The number of carbonyl (C=O) groups is 1. The van der Waals surface area contributed by atoms with Crippen LogP contribution >= 0.6 is 0 Å². The largest absolute Gasteiger partial charge is 0.487 e. The number of aromatic nitrogens is 3. The van der Waals surface area contributed by atoms with E-state index < -0.39 is 0 Å². The lowest BCUT2D eigenvalue weighted by Gasteiger charge is -2.20. The number of esters is 1. The van der Waals surface area contributed by atoms with Crippen molar-refractivity contribution in [3.63, 3.8) is 0 Å². The number of allylic oxidation sites excluding steroid dienone is 2. The number of fused-ring (bicyclic) bond motifs is 3. The van der Waals surface area contributed by atoms with Crippen molar-refractivity contribution in [3.05, 3.63) is 66.0 Å². The first kappa shape index (κ1) is 20.0. The summed E-state index contributed by atoms with van der Waals surface area (Å²) in [5.41, 5.74) is 2.41. The minimum Gasteiger partial charge on any atom is -0.487 e. The zero-order valence-corrected chi connectivity index (χ0v) is 17.7. The number of benzene rings is 1.